The molecule has 0 radical (unpaired) electrons. The van der Waals surface area contributed by atoms with Crippen molar-refractivity contribution in [3.8, 4) is 0 Å². The number of hydrogen-bond acceptors (Lipinski definition) is 3. The summed E-state index contributed by atoms with van der Waals surface area (Å²) in [6.07, 6.45) is 4.79. The zero-order valence-corrected chi connectivity index (χ0v) is 9.90. The fourth-order valence-electron chi connectivity index (χ4n) is 1.62. The van der Waals surface area contributed by atoms with E-state index in [4.69, 9.17) is 0 Å². The van der Waals surface area contributed by atoms with Crippen LogP contribution in [0.1, 0.15) is 12.5 Å². The van der Waals surface area contributed by atoms with Gasteiger partial charge in [0.15, 0.2) is 0 Å². The molecular formula is C12H21N3. The highest BCUT2D eigenvalue weighted by Crippen LogP contribution is 1.96. The van der Waals surface area contributed by atoms with Crippen LogP contribution in [-0.2, 0) is 6.42 Å². The van der Waals surface area contributed by atoms with Gasteiger partial charge in [0.25, 0.3) is 0 Å². The van der Waals surface area contributed by atoms with Gasteiger partial charge in [-0.15, -0.1) is 0 Å². The predicted molar refractivity (Wildman–Crippen MR) is 64.0 cm³/mol. The van der Waals surface area contributed by atoms with Gasteiger partial charge in [0, 0.05) is 25.0 Å². The molecule has 0 bridgehead atoms. The minimum absolute atomic E-state index is 0.539. The molecule has 1 unspecified atom stereocenters. The fraction of sp³-hybridized carbons (Fsp3) is 0.583. The van der Waals surface area contributed by atoms with Crippen molar-refractivity contribution < 1.29 is 0 Å². The maximum atomic E-state index is 4.09. The van der Waals surface area contributed by atoms with Gasteiger partial charge in [-0.1, -0.05) is 6.07 Å². The van der Waals surface area contributed by atoms with Crippen molar-refractivity contribution in [3.05, 3.63) is 30.1 Å². The molecule has 1 atom stereocenters. The highest BCUT2D eigenvalue weighted by atomic mass is 15.1. The van der Waals surface area contributed by atoms with Gasteiger partial charge in [-0.3, -0.25) is 4.98 Å². The zero-order valence-electron chi connectivity index (χ0n) is 9.90. The van der Waals surface area contributed by atoms with Crippen LogP contribution in [0.25, 0.3) is 0 Å². The van der Waals surface area contributed by atoms with E-state index in [0.29, 0.717) is 6.04 Å². The maximum Gasteiger partial charge on any atom is 0.0300 e. The Bertz CT molecular complexity index is 259. The molecule has 1 aromatic heterocycles. The first-order chi connectivity index (χ1) is 7.18. The van der Waals surface area contributed by atoms with E-state index in [0.717, 1.165) is 19.5 Å². The Kier molecular flexibility index (Phi) is 5.29. The van der Waals surface area contributed by atoms with Crippen LogP contribution in [0.3, 0.4) is 0 Å². The van der Waals surface area contributed by atoms with Gasteiger partial charge in [-0.25, -0.2) is 0 Å². The van der Waals surface area contributed by atoms with E-state index < -0.39 is 0 Å². The van der Waals surface area contributed by atoms with E-state index in [9.17, 15) is 0 Å². The number of nitrogens with zero attached hydrogens (tertiary/aromatic N) is 2. The second kappa shape index (κ2) is 6.53. The van der Waals surface area contributed by atoms with Crippen LogP contribution in [-0.4, -0.2) is 43.1 Å². The monoisotopic (exact) mass is 207 g/mol. The molecule has 3 heteroatoms. The summed E-state index contributed by atoms with van der Waals surface area (Å²) in [5.41, 5.74) is 1.29. The average molecular weight is 207 g/mol. The Labute approximate surface area is 92.5 Å². The van der Waals surface area contributed by atoms with E-state index in [1.807, 2.05) is 18.5 Å². The summed E-state index contributed by atoms with van der Waals surface area (Å²) in [5.74, 6) is 0. The number of pyridine rings is 1. The summed E-state index contributed by atoms with van der Waals surface area (Å²) in [7, 11) is 4.19. The molecule has 15 heavy (non-hydrogen) atoms. The van der Waals surface area contributed by atoms with E-state index >= 15 is 0 Å². The first-order valence-electron chi connectivity index (χ1n) is 5.45. The lowest BCUT2D eigenvalue weighted by Crippen LogP contribution is -2.36. The van der Waals surface area contributed by atoms with Crippen LogP contribution < -0.4 is 5.32 Å². The molecular weight excluding hydrogens is 186 g/mol. The first kappa shape index (κ1) is 12.1. The van der Waals surface area contributed by atoms with Crippen molar-refractivity contribution in [3.63, 3.8) is 0 Å². The van der Waals surface area contributed by atoms with Crippen molar-refractivity contribution in [1.29, 1.82) is 0 Å². The van der Waals surface area contributed by atoms with Crippen molar-refractivity contribution >= 4 is 0 Å². The Hall–Kier alpha value is -0.930. The lowest BCUT2D eigenvalue weighted by molar-refractivity contribution is 0.351. The molecule has 1 rings (SSSR count). The van der Waals surface area contributed by atoms with Crippen LogP contribution in [0.4, 0.5) is 0 Å². The van der Waals surface area contributed by atoms with Crippen molar-refractivity contribution in [1.82, 2.24) is 15.2 Å². The van der Waals surface area contributed by atoms with Gasteiger partial charge < -0.3 is 10.2 Å². The lowest BCUT2D eigenvalue weighted by Gasteiger charge is -2.18. The van der Waals surface area contributed by atoms with Gasteiger partial charge >= 0.3 is 0 Å². The highest BCUT2D eigenvalue weighted by molar-refractivity contribution is 5.08. The average Bonchev–Trinajstić information content (AvgIpc) is 2.18. The molecule has 0 saturated carbocycles. The van der Waals surface area contributed by atoms with E-state index in [1.54, 1.807) is 0 Å². The van der Waals surface area contributed by atoms with Crippen LogP contribution in [0.15, 0.2) is 24.5 Å². The van der Waals surface area contributed by atoms with E-state index in [-0.39, 0.29) is 0 Å². The molecule has 0 aliphatic carbocycles. The Morgan fingerprint density at radius 3 is 2.87 bits per heavy atom. The molecule has 1 aromatic rings. The van der Waals surface area contributed by atoms with E-state index in [1.165, 1.54) is 5.56 Å². The minimum Gasteiger partial charge on any atom is -0.313 e. The van der Waals surface area contributed by atoms with Gasteiger partial charge in [0.2, 0.25) is 0 Å². The molecule has 0 amide bonds. The zero-order chi connectivity index (χ0) is 11.1. The van der Waals surface area contributed by atoms with Crippen LogP contribution >= 0.6 is 0 Å². The number of likely N-dealkylation sites (N-methyl/N-ethyl adjacent to an activating group) is 1. The topological polar surface area (TPSA) is 28.2 Å². The molecule has 1 N–H and O–H groups in total. The van der Waals surface area contributed by atoms with Gasteiger partial charge in [-0.05, 0) is 45.6 Å². The molecule has 3 nitrogen and oxygen atoms in total. The second-order valence-corrected chi connectivity index (χ2v) is 4.23. The lowest BCUT2D eigenvalue weighted by atomic mass is 10.2. The SMILES string of the molecule is CC(CN(C)C)NCCc1cccnc1. The molecule has 0 spiro atoms. The fourth-order valence-corrected chi connectivity index (χ4v) is 1.62. The maximum absolute atomic E-state index is 4.09. The quantitative estimate of drug-likeness (QED) is 0.759. The number of nitrogens with one attached hydrogen (secondary N) is 1. The largest absolute Gasteiger partial charge is 0.313 e. The Morgan fingerprint density at radius 2 is 2.27 bits per heavy atom. The highest BCUT2D eigenvalue weighted by Gasteiger charge is 2.01. The summed E-state index contributed by atoms with van der Waals surface area (Å²) in [6, 6.07) is 4.64. The van der Waals surface area contributed by atoms with E-state index in [2.05, 4.69) is 42.3 Å². The molecule has 0 aromatic carbocycles. The third kappa shape index (κ3) is 5.50. The van der Waals surface area contributed by atoms with Crippen LogP contribution in [0, 0.1) is 0 Å². The second-order valence-electron chi connectivity index (χ2n) is 4.23. The molecule has 0 fully saturated rings. The van der Waals surface area contributed by atoms with Crippen molar-refractivity contribution in [2.75, 3.05) is 27.2 Å². The smallest absolute Gasteiger partial charge is 0.0300 e. The Morgan fingerprint density at radius 1 is 1.47 bits per heavy atom. The number of hydrogen-bond donors (Lipinski definition) is 1. The predicted octanol–water partition coefficient (Wildman–Crippen LogP) is 1.16. The summed E-state index contributed by atoms with van der Waals surface area (Å²) >= 11 is 0. The summed E-state index contributed by atoms with van der Waals surface area (Å²) < 4.78 is 0. The van der Waals surface area contributed by atoms with Gasteiger partial charge in [0.05, 0.1) is 0 Å². The molecule has 0 aliphatic rings. The third-order valence-electron chi connectivity index (χ3n) is 2.27. The van der Waals surface area contributed by atoms with Crippen molar-refractivity contribution in [2.45, 2.75) is 19.4 Å². The molecule has 84 valence electrons. The molecule has 0 saturated heterocycles. The molecule has 1 heterocycles. The summed E-state index contributed by atoms with van der Waals surface area (Å²) in [6.45, 7) is 4.30. The molecule has 0 aliphatic heterocycles. The van der Waals surface area contributed by atoms with Gasteiger partial charge in [0.1, 0.15) is 0 Å². The van der Waals surface area contributed by atoms with Gasteiger partial charge in [-0.2, -0.15) is 0 Å². The minimum atomic E-state index is 0.539. The number of rotatable bonds is 6. The van der Waals surface area contributed by atoms with Crippen molar-refractivity contribution in [2.24, 2.45) is 0 Å². The van der Waals surface area contributed by atoms with Crippen LogP contribution in [0.2, 0.25) is 0 Å². The first-order valence-corrected chi connectivity index (χ1v) is 5.45. The number of aromatic nitrogens is 1. The summed E-state index contributed by atoms with van der Waals surface area (Å²) in [5, 5.41) is 3.49. The normalized spacial score (nSPS) is 13.1. The third-order valence-corrected chi connectivity index (χ3v) is 2.27. The van der Waals surface area contributed by atoms with Crippen LogP contribution in [0.5, 0.6) is 0 Å². The summed E-state index contributed by atoms with van der Waals surface area (Å²) in [4.78, 5) is 6.29. The Balaban J connectivity index is 2.16. The standard InChI is InChI=1S/C12H21N3/c1-11(10-15(2)3)14-8-6-12-5-4-7-13-9-12/h4-5,7,9,11,14H,6,8,10H2,1-3H3.